The van der Waals surface area contributed by atoms with E-state index < -0.39 is 17.2 Å². The Morgan fingerprint density at radius 3 is 2.59 bits per heavy atom. The molecule has 0 amide bonds. The number of phenols is 1. The van der Waals surface area contributed by atoms with E-state index in [2.05, 4.69) is 15.8 Å². The molecule has 5 fully saturated rings. The average Bonchev–Trinajstić information content (AvgIpc) is 3.53. The minimum absolute atomic E-state index is 0.00604. The Hall–Kier alpha value is -4.31. The fraction of sp³-hybridized carbons (Fsp3) is 0.568. The van der Waals surface area contributed by atoms with Crippen LogP contribution < -0.4 is 14.4 Å². The smallest absolute Gasteiger partial charge is 0.319 e. The van der Waals surface area contributed by atoms with E-state index in [1.54, 1.807) is 6.92 Å². The SMILES string of the molecule is C#Cc1c(F)ccc2cc(O)cc(-c3nc(OC)c4c(N5CCOCC(C)(O)C5)nc(OCC56CCCC5N(C5CC7(CCCCC7)C5)CCC6)nc4c3F)c12. The fourth-order valence-corrected chi connectivity index (χ4v) is 11.1. The molecule has 2 saturated heterocycles. The number of likely N-dealkylation sites (tertiary alicyclic amines) is 1. The van der Waals surface area contributed by atoms with Gasteiger partial charge in [0.2, 0.25) is 5.88 Å². The van der Waals surface area contributed by atoms with Gasteiger partial charge < -0.3 is 29.3 Å². The van der Waals surface area contributed by atoms with Gasteiger partial charge in [0.1, 0.15) is 39.6 Å². The molecular weight excluding hydrogens is 717 g/mol. The van der Waals surface area contributed by atoms with Crippen molar-refractivity contribution in [2.75, 3.05) is 51.5 Å². The van der Waals surface area contributed by atoms with Gasteiger partial charge in [-0.05, 0) is 93.8 Å². The quantitative estimate of drug-likeness (QED) is 0.183. The van der Waals surface area contributed by atoms with Crippen LogP contribution in [0.4, 0.5) is 14.6 Å². The van der Waals surface area contributed by atoms with E-state index in [4.69, 9.17) is 30.6 Å². The van der Waals surface area contributed by atoms with Crippen molar-refractivity contribution in [2.24, 2.45) is 10.8 Å². The summed E-state index contributed by atoms with van der Waals surface area (Å²) < 4.78 is 50.7. The number of nitrogens with zero attached hydrogens (tertiary/aromatic N) is 5. The highest BCUT2D eigenvalue weighted by Crippen LogP contribution is 2.57. The standard InChI is InChI=1S/C44H51F2N5O5/c1-4-30-32(45)12-11-27-20-29(52)21-31(34(27)30)37-36(46)38-35(40(47-37)54-3)39(50-18-19-55-25-42(2,53)24-50)49-41(48-38)56-26-44-15-8-10-33(44)51(17-9-16-44)28-22-43(23-28)13-6-5-7-14-43/h1,11-12,20-21,28,33,52-53H,5-10,13-19,22-26H2,2-3H3. The highest BCUT2D eigenvalue weighted by atomic mass is 19.1. The highest BCUT2D eigenvalue weighted by Gasteiger charge is 2.54. The predicted octanol–water partition coefficient (Wildman–Crippen LogP) is 7.53. The number of aliphatic hydroxyl groups is 1. The van der Waals surface area contributed by atoms with E-state index in [0.717, 1.165) is 38.6 Å². The van der Waals surface area contributed by atoms with Gasteiger partial charge in [-0.25, -0.2) is 13.8 Å². The molecule has 4 heterocycles. The number of β-amino-alcohol motifs (C(OH)–C–C–N with tert-alkyl or cyclic N) is 1. The van der Waals surface area contributed by atoms with Crippen LogP contribution in [0.5, 0.6) is 17.6 Å². The molecule has 3 unspecified atom stereocenters. The molecule has 3 atom stereocenters. The van der Waals surface area contributed by atoms with Crippen molar-refractivity contribution in [1.29, 1.82) is 0 Å². The minimum atomic E-state index is -1.23. The Balaban J connectivity index is 1.13. The number of aromatic hydroxyl groups is 1. The molecule has 0 radical (unpaired) electrons. The lowest BCUT2D eigenvalue weighted by atomic mass is 9.57. The van der Waals surface area contributed by atoms with Crippen LogP contribution in [0.3, 0.4) is 0 Å². The molecule has 1 spiro atoms. The summed E-state index contributed by atoms with van der Waals surface area (Å²) in [6, 6.07) is 6.50. The first-order valence-electron chi connectivity index (χ1n) is 20.3. The lowest BCUT2D eigenvalue weighted by molar-refractivity contribution is -0.0906. The predicted molar refractivity (Wildman–Crippen MR) is 210 cm³/mol. The van der Waals surface area contributed by atoms with Crippen LogP contribution in [0, 0.1) is 34.8 Å². The number of terminal acetylenes is 1. The Morgan fingerprint density at radius 2 is 1.80 bits per heavy atom. The first-order valence-corrected chi connectivity index (χ1v) is 20.3. The molecule has 12 heteroatoms. The van der Waals surface area contributed by atoms with Crippen LogP contribution in [-0.4, -0.2) is 94.3 Å². The number of aromatic nitrogens is 3. The van der Waals surface area contributed by atoms with E-state index >= 15 is 8.78 Å². The lowest BCUT2D eigenvalue weighted by Gasteiger charge is -2.58. The molecule has 2 N–H and O–H groups in total. The molecule has 2 aromatic heterocycles. The summed E-state index contributed by atoms with van der Waals surface area (Å²) in [5.74, 6) is 1.02. The van der Waals surface area contributed by atoms with Crippen molar-refractivity contribution in [3.05, 3.63) is 41.5 Å². The number of piperidine rings is 1. The van der Waals surface area contributed by atoms with E-state index in [-0.39, 0.29) is 69.3 Å². The van der Waals surface area contributed by atoms with Crippen LogP contribution in [0.1, 0.15) is 89.5 Å². The monoisotopic (exact) mass is 767 g/mol. The average molecular weight is 768 g/mol. The van der Waals surface area contributed by atoms with E-state index in [1.807, 2.05) is 4.90 Å². The summed E-state index contributed by atoms with van der Waals surface area (Å²) in [5, 5.41) is 22.8. The number of halogens is 2. The summed E-state index contributed by atoms with van der Waals surface area (Å²) >= 11 is 0. The molecule has 2 aliphatic heterocycles. The maximum Gasteiger partial charge on any atom is 0.319 e. The van der Waals surface area contributed by atoms with E-state index in [1.165, 1.54) is 76.3 Å². The molecule has 5 aliphatic rings. The summed E-state index contributed by atoms with van der Waals surface area (Å²) in [5.41, 5.74) is -1.10. The second-order valence-corrected chi connectivity index (χ2v) is 17.5. The molecule has 10 nitrogen and oxygen atoms in total. The van der Waals surface area contributed by atoms with Crippen molar-refractivity contribution < 1.29 is 33.2 Å². The van der Waals surface area contributed by atoms with Gasteiger partial charge >= 0.3 is 6.01 Å². The summed E-state index contributed by atoms with van der Waals surface area (Å²) in [4.78, 5) is 18.9. The Kier molecular flexibility index (Phi) is 9.49. The second-order valence-electron chi connectivity index (χ2n) is 17.5. The van der Waals surface area contributed by atoms with E-state index in [9.17, 15) is 10.2 Å². The first-order chi connectivity index (χ1) is 27.0. The zero-order chi connectivity index (χ0) is 38.8. The van der Waals surface area contributed by atoms with Gasteiger partial charge in [0.05, 0.1) is 39.0 Å². The third kappa shape index (κ3) is 6.40. The lowest BCUT2D eigenvalue weighted by Crippen LogP contribution is -2.60. The van der Waals surface area contributed by atoms with Gasteiger partial charge in [0, 0.05) is 35.0 Å². The maximum atomic E-state index is 17.4. The van der Waals surface area contributed by atoms with Crippen LogP contribution in [-0.2, 0) is 4.74 Å². The number of rotatable bonds is 7. The van der Waals surface area contributed by atoms with Crippen LogP contribution >= 0.6 is 0 Å². The number of anilines is 1. The Morgan fingerprint density at radius 1 is 1.00 bits per heavy atom. The number of benzene rings is 2. The van der Waals surface area contributed by atoms with Gasteiger partial charge in [0.25, 0.3) is 0 Å². The molecule has 56 heavy (non-hydrogen) atoms. The molecule has 4 aromatic rings. The number of fused-ring (bicyclic) bond motifs is 3. The molecule has 0 bridgehead atoms. The largest absolute Gasteiger partial charge is 0.508 e. The minimum Gasteiger partial charge on any atom is -0.508 e. The first kappa shape index (κ1) is 37.3. The normalized spacial score (nSPS) is 26.9. The van der Waals surface area contributed by atoms with Gasteiger partial charge in [-0.3, -0.25) is 4.90 Å². The molecule has 296 valence electrons. The number of hydrogen-bond donors (Lipinski definition) is 2. The number of phenolic OH excluding ortho intramolecular Hbond substituents is 1. The Labute approximate surface area is 326 Å². The van der Waals surface area contributed by atoms with Crippen molar-refractivity contribution >= 4 is 27.5 Å². The number of methoxy groups -OCH3 is 1. The molecule has 9 rings (SSSR count). The van der Waals surface area contributed by atoms with Crippen molar-refractivity contribution in [3.63, 3.8) is 0 Å². The van der Waals surface area contributed by atoms with Crippen LogP contribution in [0.2, 0.25) is 0 Å². The molecule has 3 aliphatic carbocycles. The van der Waals surface area contributed by atoms with E-state index in [0.29, 0.717) is 48.5 Å². The van der Waals surface area contributed by atoms with Crippen LogP contribution in [0.25, 0.3) is 32.9 Å². The van der Waals surface area contributed by atoms with Crippen molar-refractivity contribution in [3.8, 4) is 41.2 Å². The zero-order valence-corrected chi connectivity index (χ0v) is 32.4. The second kappa shape index (κ2) is 14.3. The number of hydrogen-bond acceptors (Lipinski definition) is 10. The van der Waals surface area contributed by atoms with Gasteiger partial charge in [-0.2, -0.15) is 9.97 Å². The highest BCUT2D eigenvalue weighted by molar-refractivity contribution is 6.04. The van der Waals surface area contributed by atoms with Crippen molar-refractivity contribution in [1.82, 2.24) is 19.9 Å². The number of ether oxygens (including phenoxy) is 3. The third-order valence-corrected chi connectivity index (χ3v) is 13.7. The van der Waals surface area contributed by atoms with Crippen molar-refractivity contribution in [2.45, 2.75) is 102 Å². The topological polar surface area (TPSA) is 113 Å². The molecule has 2 aromatic carbocycles. The summed E-state index contributed by atoms with van der Waals surface area (Å²) in [6.07, 6.45) is 20.7. The van der Waals surface area contributed by atoms with Gasteiger partial charge in [-0.1, -0.05) is 37.7 Å². The Bertz CT molecular complexity index is 2210. The fourth-order valence-electron chi connectivity index (χ4n) is 11.1. The molecular formula is C44H51F2N5O5. The van der Waals surface area contributed by atoms with Gasteiger partial charge in [-0.15, -0.1) is 6.42 Å². The number of pyridine rings is 1. The van der Waals surface area contributed by atoms with Crippen LogP contribution in [0.15, 0.2) is 24.3 Å². The summed E-state index contributed by atoms with van der Waals surface area (Å²) in [6.45, 7) is 4.10. The van der Waals surface area contributed by atoms with Gasteiger partial charge in [0.15, 0.2) is 5.82 Å². The molecule has 3 saturated carbocycles. The zero-order valence-electron chi connectivity index (χ0n) is 32.4. The summed E-state index contributed by atoms with van der Waals surface area (Å²) in [7, 11) is 1.42. The third-order valence-electron chi connectivity index (χ3n) is 13.7. The maximum absolute atomic E-state index is 17.4.